The van der Waals surface area contributed by atoms with Gasteiger partial charge in [0, 0.05) is 18.0 Å². The van der Waals surface area contributed by atoms with Gasteiger partial charge in [0.25, 0.3) is 0 Å². The summed E-state index contributed by atoms with van der Waals surface area (Å²) in [5.74, 6) is 1.58. The van der Waals surface area contributed by atoms with Crippen molar-refractivity contribution in [1.29, 1.82) is 0 Å². The van der Waals surface area contributed by atoms with Crippen LogP contribution in [0.3, 0.4) is 0 Å². The van der Waals surface area contributed by atoms with E-state index in [0.29, 0.717) is 12.5 Å². The summed E-state index contributed by atoms with van der Waals surface area (Å²) in [5.41, 5.74) is 7.88. The predicted octanol–water partition coefficient (Wildman–Crippen LogP) is 1.29. The SMILES string of the molecule is Cc1noc(C2CCCN(C)C2)c1CCN. The lowest BCUT2D eigenvalue weighted by atomic mass is 9.92. The van der Waals surface area contributed by atoms with Crippen molar-refractivity contribution < 1.29 is 4.52 Å². The van der Waals surface area contributed by atoms with Crippen molar-refractivity contribution in [3.05, 3.63) is 17.0 Å². The molecule has 4 heteroatoms. The van der Waals surface area contributed by atoms with E-state index in [-0.39, 0.29) is 0 Å². The Morgan fingerprint density at radius 3 is 3.06 bits per heavy atom. The maximum absolute atomic E-state index is 5.63. The minimum atomic E-state index is 0.501. The molecule has 16 heavy (non-hydrogen) atoms. The molecule has 1 aromatic rings. The van der Waals surface area contributed by atoms with Crippen molar-refractivity contribution in [1.82, 2.24) is 10.1 Å². The zero-order chi connectivity index (χ0) is 11.5. The normalized spacial score (nSPS) is 22.6. The number of hydrogen-bond donors (Lipinski definition) is 1. The van der Waals surface area contributed by atoms with Gasteiger partial charge in [-0.2, -0.15) is 0 Å². The van der Waals surface area contributed by atoms with Gasteiger partial charge in [-0.3, -0.25) is 0 Å². The summed E-state index contributed by atoms with van der Waals surface area (Å²) in [6.45, 7) is 4.93. The molecule has 0 bridgehead atoms. The second-order valence-corrected chi connectivity index (χ2v) is 4.75. The molecule has 90 valence electrons. The first-order chi connectivity index (χ1) is 7.72. The maximum Gasteiger partial charge on any atom is 0.144 e. The Morgan fingerprint density at radius 2 is 2.38 bits per heavy atom. The maximum atomic E-state index is 5.63. The van der Waals surface area contributed by atoms with E-state index in [4.69, 9.17) is 10.3 Å². The van der Waals surface area contributed by atoms with E-state index in [1.165, 1.54) is 24.9 Å². The van der Waals surface area contributed by atoms with Crippen molar-refractivity contribution in [2.75, 3.05) is 26.7 Å². The van der Waals surface area contributed by atoms with E-state index in [2.05, 4.69) is 17.1 Å². The molecule has 1 atom stereocenters. The second kappa shape index (κ2) is 4.97. The number of hydrogen-bond acceptors (Lipinski definition) is 4. The van der Waals surface area contributed by atoms with Gasteiger partial charge in [0.05, 0.1) is 5.69 Å². The molecule has 1 unspecified atom stereocenters. The summed E-state index contributed by atoms with van der Waals surface area (Å²) in [6, 6.07) is 0. The summed E-state index contributed by atoms with van der Waals surface area (Å²) < 4.78 is 5.50. The fourth-order valence-electron chi connectivity index (χ4n) is 2.56. The summed E-state index contributed by atoms with van der Waals surface area (Å²) in [4.78, 5) is 2.36. The Labute approximate surface area is 96.8 Å². The van der Waals surface area contributed by atoms with E-state index in [0.717, 1.165) is 24.4 Å². The molecule has 4 nitrogen and oxygen atoms in total. The van der Waals surface area contributed by atoms with Crippen LogP contribution in [0.15, 0.2) is 4.52 Å². The molecule has 0 spiro atoms. The highest BCUT2D eigenvalue weighted by atomic mass is 16.5. The Hall–Kier alpha value is -0.870. The molecule has 1 aromatic heterocycles. The van der Waals surface area contributed by atoms with Crippen molar-refractivity contribution in [2.45, 2.75) is 32.1 Å². The third kappa shape index (κ3) is 2.28. The van der Waals surface area contributed by atoms with E-state index >= 15 is 0 Å². The van der Waals surface area contributed by atoms with E-state index in [1.807, 2.05) is 6.92 Å². The number of piperidine rings is 1. The molecule has 2 N–H and O–H groups in total. The number of aromatic nitrogens is 1. The average Bonchev–Trinajstić information content (AvgIpc) is 2.61. The fourth-order valence-corrected chi connectivity index (χ4v) is 2.56. The van der Waals surface area contributed by atoms with Crippen LogP contribution in [0.4, 0.5) is 0 Å². The molecule has 1 aliphatic rings. The van der Waals surface area contributed by atoms with Crippen LogP contribution in [0.2, 0.25) is 0 Å². The summed E-state index contributed by atoms with van der Waals surface area (Å²) in [6.07, 6.45) is 3.32. The highest BCUT2D eigenvalue weighted by Gasteiger charge is 2.25. The molecular weight excluding hydrogens is 202 g/mol. The third-order valence-corrected chi connectivity index (χ3v) is 3.40. The number of likely N-dealkylation sites (tertiary alicyclic amines) is 1. The van der Waals surface area contributed by atoms with Crippen molar-refractivity contribution >= 4 is 0 Å². The summed E-state index contributed by atoms with van der Waals surface area (Å²) >= 11 is 0. The Balaban J connectivity index is 2.18. The lowest BCUT2D eigenvalue weighted by Crippen LogP contribution is -2.31. The molecule has 0 aliphatic carbocycles. The standard InChI is InChI=1S/C12H21N3O/c1-9-11(5-6-13)12(16-14-9)10-4-3-7-15(2)8-10/h10H,3-8,13H2,1-2H3. The quantitative estimate of drug-likeness (QED) is 0.839. The van der Waals surface area contributed by atoms with Crippen LogP contribution in [-0.2, 0) is 6.42 Å². The predicted molar refractivity (Wildman–Crippen MR) is 63.5 cm³/mol. The first-order valence-corrected chi connectivity index (χ1v) is 6.06. The van der Waals surface area contributed by atoms with Gasteiger partial charge in [0.2, 0.25) is 0 Å². The Bertz CT molecular complexity index is 348. The van der Waals surface area contributed by atoms with Crippen LogP contribution in [0.1, 0.15) is 35.8 Å². The van der Waals surface area contributed by atoms with Gasteiger partial charge in [-0.15, -0.1) is 0 Å². The number of rotatable bonds is 3. The highest BCUT2D eigenvalue weighted by Crippen LogP contribution is 2.30. The van der Waals surface area contributed by atoms with E-state index < -0.39 is 0 Å². The van der Waals surface area contributed by atoms with Crippen LogP contribution < -0.4 is 5.73 Å². The van der Waals surface area contributed by atoms with Gasteiger partial charge in [-0.05, 0) is 46.3 Å². The molecule has 0 radical (unpaired) electrons. The fraction of sp³-hybridized carbons (Fsp3) is 0.750. The Morgan fingerprint density at radius 1 is 1.56 bits per heavy atom. The van der Waals surface area contributed by atoms with Gasteiger partial charge in [0.1, 0.15) is 5.76 Å². The molecule has 2 heterocycles. The lowest BCUT2D eigenvalue weighted by Gasteiger charge is -2.28. The number of aryl methyl sites for hydroxylation is 1. The van der Waals surface area contributed by atoms with Gasteiger partial charge in [-0.25, -0.2) is 0 Å². The van der Waals surface area contributed by atoms with E-state index in [9.17, 15) is 0 Å². The van der Waals surface area contributed by atoms with Crippen LogP contribution in [-0.4, -0.2) is 36.7 Å². The van der Waals surface area contributed by atoms with Gasteiger partial charge < -0.3 is 15.2 Å². The molecule has 1 aliphatic heterocycles. The molecule has 1 saturated heterocycles. The van der Waals surface area contributed by atoms with Gasteiger partial charge >= 0.3 is 0 Å². The summed E-state index contributed by atoms with van der Waals surface area (Å²) in [5, 5.41) is 4.09. The minimum absolute atomic E-state index is 0.501. The topological polar surface area (TPSA) is 55.3 Å². The molecule has 2 rings (SSSR count). The molecular formula is C12H21N3O. The van der Waals surface area contributed by atoms with Gasteiger partial charge in [0.15, 0.2) is 0 Å². The number of nitrogens with zero attached hydrogens (tertiary/aromatic N) is 2. The van der Waals surface area contributed by atoms with Crippen molar-refractivity contribution in [3.8, 4) is 0 Å². The molecule has 0 amide bonds. The largest absolute Gasteiger partial charge is 0.361 e. The minimum Gasteiger partial charge on any atom is -0.361 e. The average molecular weight is 223 g/mol. The molecule has 0 saturated carbocycles. The number of likely N-dealkylation sites (N-methyl/N-ethyl adjacent to an activating group) is 1. The first-order valence-electron chi connectivity index (χ1n) is 6.06. The smallest absolute Gasteiger partial charge is 0.144 e. The van der Waals surface area contributed by atoms with Crippen molar-refractivity contribution in [2.24, 2.45) is 5.73 Å². The van der Waals surface area contributed by atoms with Gasteiger partial charge in [-0.1, -0.05) is 5.16 Å². The summed E-state index contributed by atoms with van der Waals surface area (Å²) in [7, 11) is 2.16. The second-order valence-electron chi connectivity index (χ2n) is 4.75. The zero-order valence-corrected chi connectivity index (χ0v) is 10.2. The monoisotopic (exact) mass is 223 g/mol. The molecule has 1 fully saturated rings. The van der Waals surface area contributed by atoms with Crippen LogP contribution in [0, 0.1) is 6.92 Å². The molecule has 0 aromatic carbocycles. The number of nitrogens with two attached hydrogens (primary N) is 1. The van der Waals surface area contributed by atoms with E-state index in [1.54, 1.807) is 0 Å². The van der Waals surface area contributed by atoms with Crippen LogP contribution >= 0.6 is 0 Å². The van der Waals surface area contributed by atoms with Crippen molar-refractivity contribution in [3.63, 3.8) is 0 Å². The van der Waals surface area contributed by atoms with Crippen LogP contribution in [0.5, 0.6) is 0 Å². The Kier molecular flexibility index (Phi) is 3.61. The highest BCUT2D eigenvalue weighted by molar-refractivity contribution is 5.26. The zero-order valence-electron chi connectivity index (χ0n) is 10.2. The third-order valence-electron chi connectivity index (χ3n) is 3.40. The lowest BCUT2D eigenvalue weighted by molar-refractivity contribution is 0.223. The first kappa shape index (κ1) is 11.6. The van der Waals surface area contributed by atoms with Crippen LogP contribution in [0.25, 0.3) is 0 Å².